The second-order valence-corrected chi connectivity index (χ2v) is 7.50. The van der Waals surface area contributed by atoms with E-state index in [4.69, 9.17) is 9.47 Å². The van der Waals surface area contributed by atoms with Crippen molar-refractivity contribution in [2.24, 2.45) is 0 Å². The standard InChI is InChI=1S/C20H20N2O4S/c1-25-15-9-8-13-16(17(15)26-2)19(24)22-14(11-27-20(13)22)18(23)21-10-12-6-4-3-5-7-12/h3-9,14,20H,10-11H2,1-2H3,(H,21,23)/t14-,20-/m0/s1. The van der Waals surface area contributed by atoms with E-state index >= 15 is 0 Å². The van der Waals surface area contributed by atoms with Gasteiger partial charge in [-0.15, -0.1) is 11.8 Å². The summed E-state index contributed by atoms with van der Waals surface area (Å²) in [6, 6.07) is 12.9. The lowest BCUT2D eigenvalue weighted by Gasteiger charge is -2.22. The van der Waals surface area contributed by atoms with Crippen molar-refractivity contribution in [3.8, 4) is 11.5 Å². The van der Waals surface area contributed by atoms with Gasteiger partial charge in [0.2, 0.25) is 5.91 Å². The molecule has 1 fully saturated rings. The fourth-order valence-electron chi connectivity index (χ4n) is 3.60. The van der Waals surface area contributed by atoms with Crippen LogP contribution in [-0.2, 0) is 11.3 Å². The lowest BCUT2D eigenvalue weighted by Crippen LogP contribution is -2.45. The first-order valence-electron chi connectivity index (χ1n) is 8.66. The number of carbonyl (C=O) groups excluding carboxylic acids is 2. The Balaban J connectivity index is 1.56. The van der Waals surface area contributed by atoms with Crippen LogP contribution in [0.15, 0.2) is 42.5 Å². The van der Waals surface area contributed by atoms with Gasteiger partial charge in [-0.2, -0.15) is 0 Å². The SMILES string of the molecule is COc1ccc2c(c1OC)C(=O)N1[C@H](C(=O)NCc3ccccc3)CS[C@@H]21. The van der Waals surface area contributed by atoms with Crippen LogP contribution in [0.2, 0.25) is 0 Å². The quantitative estimate of drug-likeness (QED) is 0.858. The molecule has 1 saturated heterocycles. The molecule has 1 N–H and O–H groups in total. The van der Waals surface area contributed by atoms with Gasteiger partial charge in [0.05, 0.1) is 19.8 Å². The summed E-state index contributed by atoms with van der Waals surface area (Å²) < 4.78 is 10.7. The van der Waals surface area contributed by atoms with Crippen LogP contribution in [-0.4, -0.2) is 42.7 Å². The molecule has 2 atom stereocenters. The van der Waals surface area contributed by atoms with Crippen molar-refractivity contribution in [3.05, 3.63) is 59.2 Å². The molecule has 2 heterocycles. The normalized spacial score (nSPS) is 20.2. The molecule has 2 aromatic carbocycles. The van der Waals surface area contributed by atoms with Crippen LogP contribution in [0.1, 0.15) is 26.9 Å². The average molecular weight is 384 g/mol. The predicted octanol–water partition coefficient (Wildman–Crippen LogP) is 2.59. The number of fused-ring (bicyclic) bond motifs is 3. The summed E-state index contributed by atoms with van der Waals surface area (Å²) in [7, 11) is 3.06. The first kappa shape index (κ1) is 17.7. The number of nitrogens with zero attached hydrogens (tertiary/aromatic N) is 1. The van der Waals surface area contributed by atoms with Crippen molar-refractivity contribution >= 4 is 23.6 Å². The average Bonchev–Trinajstić information content (AvgIpc) is 3.26. The molecule has 140 valence electrons. The van der Waals surface area contributed by atoms with Gasteiger partial charge in [-0.1, -0.05) is 36.4 Å². The summed E-state index contributed by atoms with van der Waals surface area (Å²) in [5, 5.41) is 2.78. The molecule has 0 saturated carbocycles. The minimum Gasteiger partial charge on any atom is -0.493 e. The Morgan fingerprint density at radius 3 is 2.67 bits per heavy atom. The molecule has 0 bridgehead atoms. The molecule has 0 aromatic heterocycles. The minimum absolute atomic E-state index is 0.138. The van der Waals surface area contributed by atoms with Crippen molar-refractivity contribution in [3.63, 3.8) is 0 Å². The maximum Gasteiger partial charge on any atom is 0.260 e. The molecule has 2 aromatic rings. The number of nitrogens with one attached hydrogen (secondary N) is 1. The lowest BCUT2D eigenvalue weighted by molar-refractivity contribution is -0.124. The Kier molecular flexibility index (Phi) is 4.70. The second-order valence-electron chi connectivity index (χ2n) is 6.38. The molecular formula is C20H20N2O4S. The summed E-state index contributed by atoms with van der Waals surface area (Å²) in [5.74, 6) is 1.20. The molecule has 6 nitrogen and oxygen atoms in total. The number of ether oxygens (including phenoxy) is 2. The van der Waals surface area contributed by atoms with Crippen LogP contribution in [0.25, 0.3) is 0 Å². The fraction of sp³-hybridized carbons (Fsp3) is 0.300. The number of benzene rings is 2. The van der Waals surface area contributed by atoms with Crippen molar-refractivity contribution in [2.45, 2.75) is 18.0 Å². The van der Waals surface area contributed by atoms with E-state index < -0.39 is 6.04 Å². The number of thioether (sulfide) groups is 1. The van der Waals surface area contributed by atoms with Crippen molar-refractivity contribution in [2.75, 3.05) is 20.0 Å². The van der Waals surface area contributed by atoms with Gasteiger partial charge in [0.25, 0.3) is 5.91 Å². The molecule has 2 aliphatic rings. The van der Waals surface area contributed by atoms with E-state index in [-0.39, 0.29) is 17.2 Å². The van der Waals surface area contributed by atoms with Crippen LogP contribution >= 0.6 is 11.8 Å². The predicted molar refractivity (Wildman–Crippen MR) is 103 cm³/mol. The Bertz CT molecular complexity index is 887. The van der Waals surface area contributed by atoms with Crippen molar-refractivity contribution < 1.29 is 19.1 Å². The molecule has 0 aliphatic carbocycles. The summed E-state index contributed by atoms with van der Waals surface area (Å²) in [4.78, 5) is 27.5. The first-order valence-corrected chi connectivity index (χ1v) is 9.71. The van der Waals surface area contributed by atoms with Gasteiger partial charge in [-0.25, -0.2) is 0 Å². The summed E-state index contributed by atoms with van der Waals surface area (Å²) >= 11 is 1.60. The summed E-state index contributed by atoms with van der Waals surface area (Å²) in [5.41, 5.74) is 2.39. The molecule has 0 unspecified atom stereocenters. The van der Waals surface area contributed by atoms with Crippen LogP contribution < -0.4 is 14.8 Å². The monoisotopic (exact) mass is 384 g/mol. The highest BCUT2D eigenvalue weighted by Gasteiger charge is 2.50. The fourth-order valence-corrected chi connectivity index (χ4v) is 5.05. The van der Waals surface area contributed by atoms with Gasteiger partial charge in [0.15, 0.2) is 11.5 Å². The number of amides is 2. The number of hydrogen-bond acceptors (Lipinski definition) is 5. The number of hydrogen-bond donors (Lipinski definition) is 1. The Labute approximate surface area is 161 Å². The van der Waals surface area contributed by atoms with Crippen molar-refractivity contribution in [1.82, 2.24) is 10.2 Å². The molecule has 0 radical (unpaired) electrons. The van der Waals surface area contributed by atoms with Gasteiger partial charge < -0.3 is 19.7 Å². The van der Waals surface area contributed by atoms with Crippen LogP contribution in [0.4, 0.5) is 0 Å². The van der Waals surface area contributed by atoms with E-state index in [0.717, 1.165) is 11.1 Å². The number of methoxy groups -OCH3 is 2. The van der Waals surface area contributed by atoms with Crippen molar-refractivity contribution in [1.29, 1.82) is 0 Å². The first-order chi connectivity index (χ1) is 13.2. The zero-order chi connectivity index (χ0) is 19.0. The van der Waals surface area contributed by atoms with E-state index in [0.29, 0.717) is 29.4 Å². The third kappa shape index (κ3) is 2.92. The number of carbonyl (C=O) groups is 2. The third-order valence-electron chi connectivity index (χ3n) is 4.90. The molecular weight excluding hydrogens is 364 g/mol. The molecule has 7 heteroatoms. The summed E-state index contributed by atoms with van der Waals surface area (Å²) in [6.45, 7) is 0.442. The Morgan fingerprint density at radius 2 is 1.96 bits per heavy atom. The maximum absolute atomic E-state index is 13.1. The molecule has 2 aliphatic heterocycles. The van der Waals surface area contributed by atoms with Gasteiger partial charge in [-0.3, -0.25) is 9.59 Å². The van der Waals surface area contributed by atoms with Crippen LogP contribution in [0.3, 0.4) is 0 Å². The lowest BCUT2D eigenvalue weighted by atomic mass is 10.1. The Morgan fingerprint density at radius 1 is 1.19 bits per heavy atom. The minimum atomic E-state index is -0.501. The second kappa shape index (κ2) is 7.15. The largest absolute Gasteiger partial charge is 0.493 e. The maximum atomic E-state index is 13.1. The van der Waals surface area contributed by atoms with Gasteiger partial charge in [0.1, 0.15) is 11.4 Å². The highest BCUT2D eigenvalue weighted by atomic mass is 32.2. The highest BCUT2D eigenvalue weighted by molar-refractivity contribution is 7.99. The van der Waals surface area contributed by atoms with Crippen LogP contribution in [0, 0.1) is 0 Å². The molecule has 2 amide bonds. The third-order valence-corrected chi connectivity index (χ3v) is 6.21. The topological polar surface area (TPSA) is 67.9 Å². The number of rotatable bonds is 5. The van der Waals surface area contributed by atoms with E-state index in [2.05, 4.69) is 5.32 Å². The Hall–Kier alpha value is -2.67. The smallest absolute Gasteiger partial charge is 0.260 e. The van der Waals surface area contributed by atoms with Crippen LogP contribution in [0.5, 0.6) is 11.5 Å². The highest BCUT2D eigenvalue weighted by Crippen LogP contribution is 2.52. The zero-order valence-corrected chi connectivity index (χ0v) is 15.9. The molecule has 4 rings (SSSR count). The zero-order valence-electron chi connectivity index (χ0n) is 15.1. The van der Waals surface area contributed by atoms with E-state index in [1.165, 1.54) is 7.11 Å². The molecule has 0 spiro atoms. The van der Waals surface area contributed by atoms with E-state index in [1.807, 2.05) is 36.4 Å². The summed E-state index contributed by atoms with van der Waals surface area (Å²) in [6.07, 6.45) is 0. The molecule has 27 heavy (non-hydrogen) atoms. The van der Waals surface area contributed by atoms with E-state index in [1.54, 1.807) is 29.8 Å². The van der Waals surface area contributed by atoms with Gasteiger partial charge >= 0.3 is 0 Å². The van der Waals surface area contributed by atoms with Gasteiger partial charge in [0, 0.05) is 17.9 Å². The van der Waals surface area contributed by atoms with E-state index in [9.17, 15) is 9.59 Å². The van der Waals surface area contributed by atoms with Gasteiger partial charge in [-0.05, 0) is 11.6 Å².